The van der Waals surface area contributed by atoms with Gasteiger partial charge in [-0.3, -0.25) is 0 Å². The Morgan fingerprint density at radius 1 is 1.30 bits per heavy atom. The van der Waals surface area contributed by atoms with Crippen LogP contribution in [0.25, 0.3) is 0 Å². The SMILES string of the molecule is O=C(O)C(F)(F)F.OCCN1CCC[C@H](C2CNC2)C1. The molecule has 0 aliphatic carbocycles. The highest BCUT2D eigenvalue weighted by Gasteiger charge is 2.38. The van der Waals surface area contributed by atoms with E-state index >= 15 is 0 Å². The molecule has 2 aliphatic rings. The number of aliphatic hydroxyl groups excluding tert-OH is 1. The zero-order valence-corrected chi connectivity index (χ0v) is 11.2. The summed E-state index contributed by atoms with van der Waals surface area (Å²) in [6.07, 6.45) is -2.37. The molecule has 118 valence electrons. The maximum absolute atomic E-state index is 10.6. The minimum Gasteiger partial charge on any atom is -0.475 e. The molecule has 0 spiro atoms. The first-order valence-electron chi connectivity index (χ1n) is 6.68. The third kappa shape index (κ3) is 5.64. The zero-order chi connectivity index (χ0) is 15.2. The maximum atomic E-state index is 10.6. The van der Waals surface area contributed by atoms with Gasteiger partial charge in [-0.25, -0.2) is 4.79 Å². The summed E-state index contributed by atoms with van der Waals surface area (Å²) in [5.41, 5.74) is 0. The summed E-state index contributed by atoms with van der Waals surface area (Å²) in [5, 5.41) is 19.3. The van der Waals surface area contributed by atoms with E-state index in [1.807, 2.05) is 0 Å². The summed E-state index contributed by atoms with van der Waals surface area (Å²) >= 11 is 0. The first-order chi connectivity index (χ1) is 9.34. The smallest absolute Gasteiger partial charge is 0.475 e. The summed E-state index contributed by atoms with van der Waals surface area (Å²) in [6, 6.07) is 0. The van der Waals surface area contributed by atoms with Crippen LogP contribution in [-0.2, 0) is 4.79 Å². The van der Waals surface area contributed by atoms with E-state index in [1.165, 1.54) is 39.0 Å². The van der Waals surface area contributed by atoms with E-state index in [2.05, 4.69) is 10.2 Å². The topological polar surface area (TPSA) is 72.8 Å². The molecule has 0 unspecified atom stereocenters. The molecule has 0 bridgehead atoms. The van der Waals surface area contributed by atoms with Crippen LogP contribution in [0.4, 0.5) is 13.2 Å². The van der Waals surface area contributed by atoms with E-state index in [-0.39, 0.29) is 0 Å². The number of carboxylic acid groups (broad SMARTS) is 1. The minimum atomic E-state index is -5.08. The molecule has 3 N–H and O–H groups in total. The van der Waals surface area contributed by atoms with Crippen molar-refractivity contribution >= 4 is 5.97 Å². The predicted molar refractivity (Wildman–Crippen MR) is 66.3 cm³/mol. The Morgan fingerprint density at radius 2 is 1.90 bits per heavy atom. The average molecular weight is 298 g/mol. The monoisotopic (exact) mass is 298 g/mol. The van der Waals surface area contributed by atoms with Gasteiger partial charge in [0.2, 0.25) is 0 Å². The number of carboxylic acids is 1. The van der Waals surface area contributed by atoms with Crippen LogP contribution < -0.4 is 5.32 Å². The van der Waals surface area contributed by atoms with E-state index in [4.69, 9.17) is 15.0 Å². The number of nitrogens with one attached hydrogen (secondary N) is 1. The standard InChI is InChI=1S/C10H20N2O.C2HF3O2/c13-5-4-12-3-1-2-9(8-12)10-6-11-7-10;3-2(4,5)1(6)7/h9-11,13H,1-8H2;(H,6,7)/t9-;/m0./s1. The van der Waals surface area contributed by atoms with Gasteiger partial charge in [-0.2, -0.15) is 13.2 Å². The van der Waals surface area contributed by atoms with Gasteiger partial charge in [0.1, 0.15) is 0 Å². The number of halogens is 3. The Balaban J connectivity index is 0.000000246. The van der Waals surface area contributed by atoms with Gasteiger partial charge in [0.05, 0.1) is 6.61 Å². The summed E-state index contributed by atoms with van der Waals surface area (Å²) in [5.74, 6) is -0.949. The minimum absolute atomic E-state index is 0.315. The fourth-order valence-corrected chi connectivity index (χ4v) is 2.46. The van der Waals surface area contributed by atoms with Gasteiger partial charge < -0.3 is 20.4 Å². The second-order valence-electron chi connectivity index (χ2n) is 5.15. The normalized spacial score (nSPS) is 24.5. The molecule has 2 rings (SSSR count). The number of aliphatic hydroxyl groups is 1. The van der Waals surface area contributed by atoms with Crippen molar-refractivity contribution in [2.24, 2.45) is 11.8 Å². The number of piperidine rings is 1. The van der Waals surface area contributed by atoms with Crippen LogP contribution in [-0.4, -0.2) is 66.6 Å². The molecule has 0 saturated carbocycles. The fourth-order valence-electron chi connectivity index (χ4n) is 2.46. The number of alkyl halides is 3. The molecular weight excluding hydrogens is 277 g/mol. The second kappa shape index (κ2) is 7.80. The predicted octanol–water partition coefficient (Wildman–Crippen LogP) is 0.543. The second-order valence-corrected chi connectivity index (χ2v) is 5.15. The number of likely N-dealkylation sites (tertiary alicyclic amines) is 1. The van der Waals surface area contributed by atoms with Gasteiger partial charge in [-0.15, -0.1) is 0 Å². The van der Waals surface area contributed by atoms with Crippen molar-refractivity contribution in [2.75, 3.05) is 39.3 Å². The van der Waals surface area contributed by atoms with Crippen LogP contribution in [0.5, 0.6) is 0 Å². The molecule has 5 nitrogen and oxygen atoms in total. The lowest BCUT2D eigenvalue weighted by Crippen LogP contribution is -2.51. The van der Waals surface area contributed by atoms with Crippen LogP contribution >= 0.6 is 0 Å². The van der Waals surface area contributed by atoms with Crippen LogP contribution in [0.1, 0.15) is 12.8 Å². The first-order valence-corrected chi connectivity index (χ1v) is 6.68. The van der Waals surface area contributed by atoms with E-state index < -0.39 is 12.1 Å². The maximum Gasteiger partial charge on any atom is 0.490 e. The van der Waals surface area contributed by atoms with Crippen molar-refractivity contribution in [3.63, 3.8) is 0 Å². The molecule has 0 aromatic carbocycles. The Bertz CT molecular complexity index is 307. The summed E-state index contributed by atoms with van der Waals surface area (Å²) in [4.78, 5) is 11.3. The number of hydrogen-bond acceptors (Lipinski definition) is 4. The van der Waals surface area contributed by atoms with E-state index in [9.17, 15) is 13.2 Å². The highest BCUT2D eigenvalue weighted by atomic mass is 19.4. The zero-order valence-electron chi connectivity index (χ0n) is 11.2. The lowest BCUT2D eigenvalue weighted by atomic mass is 9.82. The van der Waals surface area contributed by atoms with Gasteiger partial charge >= 0.3 is 12.1 Å². The van der Waals surface area contributed by atoms with Crippen molar-refractivity contribution in [3.05, 3.63) is 0 Å². The Labute approximate surface area is 115 Å². The van der Waals surface area contributed by atoms with Crippen molar-refractivity contribution in [3.8, 4) is 0 Å². The van der Waals surface area contributed by atoms with Gasteiger partial charge in [0.15, 0.2) is 0 Å². The van der Waals surface area contributed by atoms with Crippen molar-refractivity contribution < 1.29 is 28.2 Å². The Morgan fingerprint density at radius 3 is 2.30 bits per heavy atom. The molecular formula is C12H21F3N2O3. The molecule has 0 aromatic rings. The summed E-state index contributed by atoms with van der Waals surface area (Å²) < 4.78 is 31.7. The molecule has 1 atom stereocenters. The molecule has 2 aliphatic heterocycles. The van der Waals surface area contributed by atoms with Crippen LogP contribution in [0.15, 0.2) is 0 Å². The van der Waals surface area contributed by atoms with E-state index in [1.54, 1.807) is 0 Å². The molecule has 0 radical (unpaired) electrons. The number of nitrogens with zero attached hydrogens (tertiary/aromatic N) is 1. The van der Waals surface area contributed by atoms with Crippen molar-refractivity contribution in [2.45, 2.75) is 19.0 Å². The summed E-state index contributed by atoms with van der Waals surface area (Å²) in [6.45, 7) is 6.03. The summed E-state index contributed by atoms with van der Waals surface area (Å²) in [7, 11) is 0. The fraction of sp³-hybridized carbons (Fsp3) is 0.917. The third-order valence-corrected chi connectivity index (χ3v) is 3.68. The number of carbonyl (C=O) groups is 1. The van der Waals surface area contributed by atoms with Crippen LogP contribution in [0.3, 0.4) is 0 Å². The molecule has 0 amide bonds. The molecule has 2 fully saturated rings. The van der Waals surface area contributed by atoms with Gasteiger partial charge in [0, 0.05) is 13.1 Å². The lowest BCUT2D eigenvalue weighted by Gasteiger charge is -2.41. The number of rotatable bonds is 3. The lowest BCUT2D eigenvalue weighted by molar-refractivity contribution is -0.192. The molecule has 0 aromatic heterocycles. The number of aliphatic carboxylic acids is 1. The number of hydrogen-bond donors (Lipinski definition) is 3. The molecule has 2 saturated heterocycles. The van der Waals surface area contributed by atoms with E-state index in [0.29, 0.717) is 6.61 Å². The van der Waals surface area contributed by atoms with Crippen molar-refractivity contribution in [1.29, 1.82) is 0 Å². The highest BCUT2D eigenvalue weighted by molar-refractivity contribution is 5.73. The largest absolute Gasteiger partial charge is 0.490 e. The van der Waals surface area contributed by atoms with Gasteiger partial charge in [-0.1, -0.05) is 0 Å². The number of β-amino-alcohol motifs (C(OH)–C–C–N with tert-alkyl or cyclic N) is 1. The van der Waals surface area contributed by atoms with Crippen molar-refractivity contribution in [1.82, 2.24) is 10.2 Å². The average Bonchev–Trinajstić information content (AvgIpc) is 2.27. The Hall–Kier alpha value is -0.860. The molecule has 20 heavy (non-hydrogen) atoms. The van der Waals surface area contributed by atoms with Crippen LogP contribution in [0.2, 0.25) is 0 Å². The highest BCUT2D eigenvalue weighted by Crippen LogP contribution is 2.26. The van der Waals surface area contributed by atoms with Crippen LogP contribution in [0, 0.1) is 11.8 Å². The third-order valence-electron chi connectivity index (χ3n) is 3.68. The quantitative estimate of drug-likeness (QED) is 0.709. The molecule has 8 heteroatoms. The molecule has 2 heterocycles. The first kappa shape index (κ1) is 17.2. The Kier molecular flexibility index (Phi) is 6.70. The van der Waals surface area contributed by atoms with Gasteiger partial charge in [-0.05, 0) is 44.3 Å². The van der Waals surface area contributed by atoms with Gasteiger partial charge in [0.25, 0.3) is 0 Å². The van der Waals surface area contributed by atoms with E-state index in [0.717, 1.165) is 18.4 Å².